The summed E-state index contributed by atoms with van der Waals surface area (Å²) >= 11 is 0. The molecule has 26 nitrogen and oxygen atoms in total. The van der Waals surface area contributed by atoms with E-state index in [9.17, 15) is 47.9 Å². The van der Waals surface area contributed by atoms with Gasteiger partial charge in [0.1, 0.15) is 36.7 Å². The van der Waals surface area contributed by atoms with Crippen LogP contribution in [0.25, 0.3) is 0 Å². The normalized spacial score (nSPS) is 19.1. The molecule has 2 aromatic rings. The van der Waals surface area contributed by atoms with Crippen LogP contribution in [0.1, 0.15) is 125 Å². The highest BCUT2D eigenvalue weighted by atomic mass is 16.6. The highest BCUT2D eigenvalue weighted by Gasteiger charge is 2.46. The van der Waals surface area contributed by atoms with E-state index in [-0.39, 0.29) is 94.2 Å². The first-order valence-corrected chi connectivity index (χ1v) is 27.6. The number of likely N-dealkylation sites (N-methyl/N-ethyl adjacent to an activating group) is 2. The molecule has 6 rings (SSSR count). The number of aldehydes is 1. The van der Waals surface area contributed by atoms with Crippen LogP contribution < -0.4 is 31.5 Å². The number of carbonyl (C=O) groups is 10. The van der Waals surface area contributed by atoms with Crippen LogP contribution >= 0.6 is 0 Å². The van der Waals surface area contributed by atoms with E-state index in [4.69, 9.17) is 23.7 Å². The molecule has 9 amide bonds. The van der Waals surface area contributed by atoms with Gasteiger partial charge in [-0.05, 0) is 71.4 Å². The molecule has 3 fully saturated rings. The van der Waals surface area contributed by atoms with Gasteiger partial charge in [-0.15, -0.1) is 5.10 Å². The number of hydrogen-bond donors (Lipinski definition) is 5. The van der Waals surface area contributed by atoms with Gasteiger partial charge in [0.25, 0.3) is 11.8 Å². The van der Waals surface area contributed by atoms with E-state index >= 15 is 0 Å². The zero-order chi connectivity index (χ0) is 57.9. The molecular weight excluding hydrogens is 1040 g/mol. The molecule has 1 aliphatic carbocycles. The van der Waals surface area contributed by atoms with Crippen molar-refractivity contribution in [1.29, 1.82) is 0 Å². The molecule has 1 saturated carbocycles. The summed E-state index contributed by atoms with van der Waals surface area (Å²) in [6, 6.07) is 0.576. The number of alkyl carbamates (subject to hydrolysis) is 1. The summed E-state index contributed by atoms with van der Waals surface area (Å²) in [5.41, 5.74) is 0.463. The number of rotatable bonds is 31. The summed E-state index contributed by atoms with van der Waals surface area (Å²) in [7, 11) is 3.41. The van der Waals surface area contributed by atoms with E-state index in [1.807, 2.05) is 20.8 Å². The minimum atomic E-state index is -1.28. The molecule has 6 atom stereocenters. The van der Waals surface area contributed by atoms with Crippen molar-refractivity contribution in [1.82, 2.24) is 51.4 Å². The number of nitrogens with zero attached hydrogens (tertiary/aromatic N) is 6. The maximum Gasteiger partial charge on any atom is 0.408 e. The fourth-order valence-electron chi connectivity index (χ4n) is 10.1. The van der Waals surface area contributed by atoms with Gasteiger partial charge in [-0.2, -0.15) is 0 Å². The average molecular weight is 1120 g/mol. The summed E-state index contributed by atoms with van der Waals surface area (Å²) in [6.07, 6.45) is 6.49. The molecule has 1 aromatic heterocycles. The fourth-order valence-corrected chi connectivity index (χ4v) is 10.1. The van der Waals surface area contributed by atoms with Crippen molar-refractivity contribution in [2.45, 2.75) is 147 Å². The van der Waals surface area contributed by atoms with Gasteiger partial charge in [0.2, 0.25) is 35.4 Å². The number of nitrogens with one attached hydrogen (secondary N) is 5. The number of ether oxygens (including phenoxy) is 5. The molecule has 3 aliphatic heterocycles. The van der Waals surface area contributed by atoms with Gasteiger partial charge in [-0.3, -0.25) is 48.6 Å². The van der Waals surface area contributed by atoms with E-state index in [2.05, 4.69) is 36.9 Å². The summed E-state index contributed by atoms with van der Waals surface area (Å²) in [6.45, 7) is 9.85. The Balaban J connectivity index is 0.847. The molecule has 4 aliphatic rings. The second-order valence-corrected chi connectivity index (χ2v) is 21.6. The van der Waals surface area contributed by atoms with Crippen molar-refractivity contribution in [2.24, 2.45) is 11.8 Å². The number of hydrogen-bond acceptors (Lipinski definition) is 18. The Bertz CT molecular complexity index is 2510. The number of aromatic nitrogens is 3. The van der Waals surface area contributed by atoms with Crippen LogP contribution in [0, 0.1) is 11.8 Å². The van der Waals surface area contributed by atoms with Crippen LogP contribution in [0.5, 0.6) is 0 Å². The molecule has 80 heavy (non-hydrogen) atoms. The lowest BCUT2D eigenvalue weighted by molar-refractivity contribution is -0.137. The fraction of sp³-hybridized carbons (Fsp3) is 0.667. The Hall–Kier alpha value is -6.90. The topological polar surface area (TPSA) is 317 Å². The smallest absolute Gasteiger partial charge is 0.408 e. The van der Waals surface area contributed by atoms with Crippen molar-refractivity contribution < 1.29 is 71.6 Å². The van der Waals surface area contributed by atoms with Gasteiger partial charge in [-0.25, -0.2) is 9.48 Å². The number of fused-ring (bicyclic) bond motifs is 1. The SMILES string of the molecule is C[C@@H](OC(C)(C)C)[C@H](NC(=O)OCc1cn(CCOCCOCCOCCC(=O)N(C)CCN(C)c2cccc3c2C(=O)N(C2CCC(=O)NC2=O)C3=O)nn1)C(=O)N[C@@H](CC1CCCCC1)C(=O)N[C@H](C=O)C[C@@H]1CCNC1=O. The number of amides is 9. The number of benzene rings is 1. The van der Waals surface area contributed by atoms with Crippen LogP contribution in [0.15, 0.2) is 24.4 Å². The molecule has 0 radical (unpaired) electrons. The third-order valence-corrected chi connectivity index (χ3v) is 14.3. The monoisotopic (exact) mass is 1120 g/mol. The predicted octanol–water partition coefficient (Wildman–Crippen LogP) is 1.18. The predicted molar refractivity (Wildman–Crippen MR) is 285 cm³/mol. The quantitative estimate of drug-likeness (QED) is 0.0402. The van der Waals surface area contributed by atoms with Gasteiger partial charge >= 0.3 is 6.09 Å². The summed E-state index contributed by atoms with van der Waals surface area (Å²) in [4.78, 5) is 133. The Morgan fingerprint density at radius 2 is 1.55 bits per heavy atom. The van der Waals surface area contributed by atoms with Crippen molar-refractivity contribution in [2.75, 3.05) is 78.3 Å². The number of imide groups is 2. The Morgan fingerprint density at radius 3 is 2.23 bits per heavy atom. The lowest BCUT2D eigenvalue weighted by Gasteiger charge is -2.32. The lowest BCUT2D eigenvalue weighted by Crippen LogP contribution is -2.59. The first kappa shape index (κ1) is 62.3. The number of anilines is 1. The number of piperidine rings is 1. The second-order valence-electron chi connectivity index (χ2n) is 21.6. The zero-order valence-electron chi connectivity index (χ0n) is 46.8. The Kier molecular flexibility index (Phi) is 23.4. The summed E-state index contributed by atoms with van der Waals surface area (Å²) in [5.74, 6) is -4.12. The van der Waals surface area contributed by atoms with Gasteiger partial charge in [0, 0.05) is 46.1 Å². The molecule has 2 saturated heterocycles. The zero-order valence-corrected chi connectivity index (χ0v) is 46.8. The van der Waals surface area contributed by atoms with Gasteiger partial charge < -0.3 is 59.5 Å². The molecule has 0 bridgehead atoms. The minimum absolute atomic E-state index is 0.0225. The molecule has 0 spiro atoms. The Morgan fingerprint density at radius 1 is 0.838 bits per heavy atom. The van der Waals surface area contributed by atoms with Gasteiger partial charge in [0.15, 0.2) is 0 Å². The number of carbonyl (C=O) groups excluding carboxylic acids is 10. The van der Waals surface area contributed by atoms with E-state index < -0.39 is 83.3 Å². The summed E-state index contributed by atoms with van der Waals surface area (Å²) in [5, 5.41) is 21.3. The van der Waals surface area contributed by atoms with Crippen molar-refractivity contribution >= 4 is 65.3 Å². The molecule has 4 heterocycles. The largest absolute Gasteiger partial charge is 0.443 e. The standard InChI is InChI=1S/C54H79N11O15/c1-34(80-54(2,3)4)46(50(72)57-40(29-35-11-8-7-9-12-35)48(70)56-37(32-66)30-36-17-19-55-47(36)69)59-53(75)79-33-38-31-64(61-60-38)22-24-77-26-28-78-27-25-76-23-18-44(68)63(6)21-20-62(5)41-14-10-13-39-45(41)52(74)65(51(39)73)42-15-16-43(67)58-49(42)71/h10,13-14,31-32,34-37,40,42,46H,7-9,11-12,15-30,33H2,1-6H3,(H,55,69)(H,56,70)(H,57,72)(H,59,75)(H,58,67,71)/t34-,36+,37+,40+,42?,46+/m1/s1. The van der Waals surface area contributed by atoms with Crippen LogP contribution in [0.2, 0.25) is 0 Å². The molecule has 26 heteroatoms. The van der Waals surface area contributed by atoms with Gasteiger partial charge in [-0.1, -0.05) is 43.4 Å². The van der Waals surface area contributed by atoms with Crippen LogP contribution in [0.3, 0.4) is 0 Å². The minimum Gasteiger partial charge on any atom is -0.443 e. The highest BCUT2D eigenvalue weighted by Crippen LogP contribution is 2.34. The summed E-state index contributed by atoms with van der Waals surface area (Å²) < 4.78 is 29.9. The van der Waals surface area contributed by atoms with Gasteiger partial charge in [0.05, 0.1) is 93.4 Å². The third kappa shape index (κ3) is 18.3. The molecule has 1 unspecified atom stereocenters. The second kappa shape index (κ2) is 30.1. The lowest BCUT2D eigenvalue weighted by atomic mass is 9.84. The van der Waals surface area contributed by atoms with Crippen molar-refractivity contribution in [3.63, 3.8) is 0 Å². The van der Waals surface area contributed by atoms with Crippen LogP contribution in [-0.2, 0) is 70.4 Å². The first-order chi connectivity index (χ1) is 38.2. The maximum absolute atomic E-state index is 14.1. The molecule has 1 aromatic carbocycles. The van der Waals surface area contributed by atoms with Crippen molar-refractivity contribution in [3.8, 4) is 0 Å². The van der Waals surface area contributed by atoms with E-state index in [0.717, 1.165) is 37.0 Å². The first-order valence-electron chi connectivity index (χ1n) is 27.6. The molecule has 5 N–H and O–H groups in total. The average Bonchev–Trinajstić information content (AvgIpc) is 4.13. The maximum atomic E-state index is 14.1. The van der Waals surface area contributed by atoms with E-state index in [1.165, 1.54) is 10.7 Å². The van der Waals surface area contributed by atoms with Crippen molar-refractivity contribution in [3.05, 3.63) is 41.2 Å². The van der Waals surface area contributed by atoms with E-state index in [0.29, 0.717) is 63.3 Å². The third-order valence-electron chi connectivity index (χ3n) is 14.3. The Labute approximate surface area is 465 Å². The van der Waals surface area contributed by atoms with Crippen LogP contribution in [0.4, 0.5) is 10.5 Å². The molecular formula is C54H79N11O15. The van der Waals surface area contributed by atoms with E-state index in [1.54, 1.807) is 49.1 Å². The highest BCUT2D eigenvalue weighted by molar-refractivity contribution is 6.25. The van der Waals surface area contributed by atoms with Crippen LogP contribution in [-0.4, -0.2) is 194 Å². The molecule has 440 valence electrons.